The first-order valence-corrected chi connectivity index (χ1v) is 8.26. The van der Waals surface area contributed by atoms with E-state index in [4.69, 9.17) is 13.9 Å². The molecule has 0 amide bonds. The number of ether oxygens (including phenoxy) is 2. The maximum Gasteiger partial charge on any atom is 0.374 e. The van der Waals surface area contributed by atoms with Gasteiger partial charge in [0.1, 0.15) is 11.3 Å². The highest BCUT2D eigenvalue weighted by Gasteiger charge is 2.13. The van der Waals surface area contributed by atoms with Gasteiger partial charge in [-0.25, -0.2) is 4.79 Å². The first-order chi connectivity index (χ1) is 10.2. The Morgan fingerprint density at radius 1 is 1.24 bits per heavy atom. The molecule has 21 heavy (non-hydrogen) atoms. The Morgan fingerprint density at radius 2 is 2.10 bits per heavy atom. The standard InChI is InChI=1S/C16H19BrO4/c1-2-19-16(18)15-11-12-10-13(6-7-14(12)21-15)20-9-5-3-4-8-17/h6-7,10-11H,2-5,8-9H2,1H3. The van der Waals surface area contributed by atoms with E-state index < -0.39 is 5.97 Å². The number of fused-ring (bicyclic) bond motifs is 1. The minimum Gasteiger partial charge on any atom is -0.494 e. The summed E-state index contributed by atoms with van der Waals surface area (Å²) in [5.41, 5.74) is 0.657. The van der Waals surface area contributed by atoms with E-state index in [2.05, 4.69) is 15.9 Å². The van der Waals surface area contributed by atoms with Gasteiger partial charge in [0.2, 0.25) is 5.76 Å². The third-order valence-electron chi connectivity index (χ3n) is 3.01. The number of unbranched alkanes of at least 4 members (excludes halogenated alkanes) is 2. The van der Waals surface area contributed by atoms with Crippen LogP contribution in [0.4, 0.5) is 0 Å². The quantitative estimate of drug-likeness (QED) is 0.396. The van der Waals surface area contributed by atoms with Gasteiger partial charge >= 0.3 is 5.97 Å². The van der Waals surface area contributed by atoms with E-state index in [0.29, 0.717) is 18.8 Å². The molecule has 4 nitrogen and oxygen atoms in total. The van der Waals surface area contributed by atoms with Crippen LogP contribution in [0.15, 0.2) is 28.7 Å². The van der Waals surface area contributed by atoms with Crippen molar-refractivity contribution in [1.29, 1.82) is 0 Å². The van der Waals surface area contributed by atoms with Crippen molar-refractivity contribution in [2.24, 2.45) is 0 Å². The molecule has 0 N–H and O–H groups in total. The van der Waals surface area contributed by atoms with Crippen LogP contribution in [0.5, 0.6) is 5.75 Å². The minimum absolute atomic E-state index is 0.223. The Hall–Kier alpha value is -1.49. The van der Waals surface area contributed by atoms with Crippen molar-refractivity contribution in [3.63, 3.8) is 0 Å². The molecular weight excluding hydrogens is 336 g/mol. The van der Waals surface area contributed by atoms with E-state index in [1.54, 1.807) is 13.0 Å². The van der Waals surface area contributed by atoms with Crippen LogP contribution >= 0.6 is 15.9 Å². The average molecular weight is 355 g/mol. The molecule has 2 aromatic rings. The van der Waals surface area contributed by atoms with Crippen molar-refractivity contribution >= 4 is 32.9 Å². The average Bonchev–Trinajstić information content (AvgIpc) is 2.90. The highest BCUT2D eigenvalue weighted by molar-refractivity contribution is 9.09. The predicted octanol–water partition coefficient (Wildman–Crippen LogP) is 4.55. The van der Waals surface area contributed by atoms with Crippen LogP contribution in [0.25, 0.3) is 11.0 Å². The molecule has 114 valence electrons. The summed E-state index contributed by atoms with van der Waals surface area (Å²) in [6.45, 7) is 2.79. The molecule has 0 atom stereocenters. The highest BCUT2D eigenvalue weighted by atomic mass is 79.9. The summed E-state index contributed by atoms with van der Waals surface area (Å²) < 4.78 is 16.1. The van der Waals surface area contributed by atoms with Crippen molar-refractivity contribution in [3.05, 3.63) is 30.0 Å². The van der Waals surface area contributed by atoms with Gasteiger partial charge in [0, 0.05) is 10.7 Å². The second-order valence-electron chi connectivity index (χ2n) is 4.63. The number of furan rings is 1. The van der Waals surface area contributed by atoms with Crippen LogP contribution in [0.2, 0.25) is 0 Å². The zero-order valence-corrected chi connectivity index (χ0v) is 13.6. The second kappa shape index (κ2) is 8.08. The fourth-order valence-corrected chi connectivity index (χ4v) is 2.37. The maximum absolute atomic E-state index is 11.6. The van der Waals surface area contributed by atoms with E-state index in [1.807, 2.05) is 18.2 Å². The highest BCUT2D eigenvalue weighted by Crippen LogP contribution is 2.25. The second-order valence-corrected chi connectivity index (χ2v) is 5.42. The molecule has 0 spiro atoms. The van der Waals surface area contributed by atoms with E-state index in [-0.39, 0.29) is 5.76 Å². The molecule has 0 aliphatic rings. The Morgan fingerprint density at radius 3 is 2.86 bits per heavy atom. The third kappa shape index (κ3) is 4.49. The summed E-state index contributed by atoms with van der Waals surface area (Å²) in [6.07, 6.45) is 3.34. The van der Waals surface area contributed by atoms with E-state index in [1.165, 1.54) is 0 Å². The lowest BCUT2D eigenvalue weighted by Crippen LogP contribution is -2.02. The van der Waals surface area contributed by atoms with Crippen molar-refractivity contribution < 1.29 is 18.7 Å². The molecule has 0 aliphatic carbocycles. The van der Waals surface area contributed by atoms with Gasteiger partial charge < -0.3 is 13.9 Å². The summed E-state index contributed by atoms with van der Waals surface area (Å²) in [4.78, 5) is 11.6. The lowest BCUT2D eigenvalue weighted by atomic mass is 10.2. The largest absolute Gasteiger partial charge is 0.494 e. The summed E-state index contributed by atoms with van der Waals surface area (Å²) in [5, 5.41) is 1.88. The number of benzene rings is 1. The van der Waals surface area contributed by atoms with Crippen LogP contribution in [-0.4, -0.2) is 24.5 Å². The first kappa shape index (κ1) is 15.9. The summed E-state index contributed by atoms with van der Waals surface area (Å²) >= 11 is 3.41. The number of hydrogen-bond donors (Lipinski definition) is 0. The Bertz CT molecular complexity index is 591. The predicted molar refractivity (Wildman–Crippen MR) is 85.3 cm³/mol. The number of hydrogen-bond acceptors (Lipinski definition) is 4. The van der Waals surface area contributed by atoms with Crippen LogP contribution in [-0.2, 0) is 4.74 Å². The Kier molecular flexibility index (Phi) is 6.11. The SMILES string of the molecule is CCOC(=O)c1cc2cc(OCCCCCBr)ccc2o1. The Labute approximate surface area is 132 Å². The summed E-state index contributed by atoms with van der Waals surface area (Å²) in [7, 11) is 0. The number of alkyl halides is 1. The molecule has 1 aromatic heterocycles. The number of esters is 1. The molecule has 1 aromatic carbocycles. The smallest absolute Gasteiger partial charge is 0.374 e. The molecule has 1 heterocycles. The summed E-state index contributed by atoms with van der Waals surface area (Å²) in [5.74, 6) is 0.574. The van der Waals surface area contributed by atoms with Crippen LogP contribution in [0.1, 0.15) is 36.7 Å². The normalized spacial score (nSPS) is 10.8. The lowest BCUT2D eigenvalue weighted by molar-refractivity contribution is 0.0492. The van der Waals surface area contributed by atoms with Crippen LogP contribution in [0.3, 0.4) is 0 Å². The zero-order chi connectivity index (χ0) is 15.1. The fraction of sp³-hybridized carbons (Fsp3) is 0.438. The molecule has 0 unspecified atom stereocenters. The van der Waals surface area contributed by atoms with Gasteiger partial charge in [-0.05, 0) is 50.5 Å². The van der Waals surface area contributed by atoms with Gasteiger partial charge in [-0.3, -0.25) is 0 Å². The molecule has 0 saturated heterocycles. The van der Waals surface area contributed by atoms with Crippen molar-refractivity contribution in [2.75, 3.05) is 18.5 Å². The molecule has 5 heteroatoms. The number of rotatable bonds is 8. The van der Waals surface area contributed by atoms with Gasteiger partial charge in [-0.1, -0.05) is 15.9 Å². The third-order valence-corrected chi connectivity index (χ3v) is 3.57. The van der Waals surface area contributed by atoms with Gasteiger partial charge in [0.05, 0.1) is 13.2 Å². The zero-order valence-electron chi connectivity index (χ0n) is 12.1. The van der Waals surface area contributed by atoms with Crippen LogP contribution < -0.4 is 4.74 Å². The van der Waals surface area contributed by atoms with Gasteiger partial charge in [-0.2, -0.15) is 0 Å². The Balaban J connectivity index is 1.99. The van der Waals surface area contributed by atoms with E-state index >= 15 is 0 Å². The van der Waals surface area contributed by atoms with Gasteiger partial charge in [0.15, 0.2) is 0 Å². The molecule has 2 rings (SSSR count). The van der Waals surface area contributed by atoms with Gasteiger partial charge in [-0.15, -0.1) is 0 Å². The number of carbonyl (C=O) groups is 1. The molecule has 0 fully saturated rings. The summed E-state index contributed by atoms with van der Waals surface area (Å²) in [6, 6.07) is 7.23. The molecule has 0 bridgehead atoms. The maximum atomic E-state index is 11.6. The monoisotopic (exact) mass is 354 g/mol. The molecule has 0 saturated carbocycles. The lowest BCUT2D eigenvalue weighted by Gasteiger charge is -2.05. The van der Waals surface area contributed by atoms with Crippen LogP contribution in [0, 0.1) is 0 Å². The van der Waals surface area contributed by atoms with Crippen molar-refractivity contribution in [1.82, 2.24) is 0 Å². The van der Waals surface area contributed by atoms with E-state index in [0.717, 1.165) is 35.7 Å². The topological polar surface area (TPSA) is 48.7 Å². The number of carbonyl (C=O) groups excluding carboxylic acids is 1. The van der Waals surface area contributed by atoms with Gasteiger partial charge in [0.25, 0.3) is 0 Å². The van der Waals surface area contributed by atoms with Crippen molar-refractivity contribution in [2.45, 2.75) is 26.2 Å². The van der Waals surface area contributed by atoms with E-state index in [9.17, 15) is 4.79 Å². The number of halogens is 1. The molecular formula is C16H19BrO4. The molecule has 0 radical (unpaired) electrons. The van der Waals surface area contributed by atoms with Crippen molar-refractivity contribution in [3.8, 4) is 5.75 Å². The molecule has 0 aliphatic heterocycles. The fourth-order valence-electron chi connectivity index (χ4n) is 1.98. The first-order valence-electron chi connectivity index (χ1n) is 7.14. The minimum atomic E-state index is -0.439.